The molecule has 2 aromatic rings. The number of hydrogen-bond donors (Lipinski definition) is 2. The Labute approximate surface area is 214 Å². The van der Waals surface area contributed by atoms with E-state index in [0.29, 0.717) is 37.3 Å². The predicted molar refractivity (Wildman–Crippen MR) is 132 cm³/mol. The second-order valence-corrected chi connectivity index (χ2v) is 11.6. The molecule has 1 aromatic heterocycles. The molecule has 2 fully saturated rings. The lowest BCUT2D eigenvalue weighted by Gasteiger charge is -2.45. The van der Waals surface area contributed by atoms with E-state index in [2.05, 4.69) is 10.3 Å². The highest BCUT2D eigenvalue weighted by Crippen LogP contribution is 2.41. The molecule has 2 aliphatic heterocycles. The van der Waals surface area contributed by atoms with Gasteiger partial charge in [-0.3, -0.25) is 9.69 Å². The number of carbonyl (C=O) groups is 2. The van der Waals surface area contributed by atoms with Crippen LogP contribution in [-0.4, -0.2) is 79.8 Å². The Bertz CT molecular complexity index is 1280. The minimum absolute atomic E-state index is 0.0539. The molecule has 0 unspecified atom stereocenters. The van der Waals surface area contributed by atoms with Gasteiger partial charge in [-0.25, -0.2) is 27.0 Å². The van der Waals surface area contributed by atoms with Crippen molar-refractivity contribution in [2.24, 2.45) is 5.92 Å². The second kappa shape index (κ2) is 10.3. The Balaban J connectivity index is 1.60. The van der Waals surface area contributed by atoms with Gasteiger partial charge in [0.2, 0.25) is 0 Å². The van der Waals surface area contributed by atoms with Crippen molar-refractivity contribution in [3.8, 4) is 0 Å². The van der Waals surface area contributed by atoms with Crippen molar-refractivity contribution in [1.82, 2.24) is 15.2 Å². The summed E-state index contributed by atoms with van der Waals surface area (Å²) in [6, 6.07) is 6.56. The topological polar surface area (TPSA) is 120 Å². The zero-order valence-corrected chi connectivity index (χ0v) is 21.5. The highest BCUT2D eigenvalue weighted by atomic mass is 32.2. The molecule has 4 rings (SSSR count). The quantitative estimate of drug-likeness (QED) is 0.554. The van der Waals surface area contributed by atoms with E-state index in [1.54, 1.807) is 13.0 Å². The van der Waals surface area contributed by atoms with Crippen molar-refractivity contribution in [2.75, 3.05) is 43.9 Å². The zero-order valence-electron chi connectivity index (χ0n) is 20.7. The Hall–Kier alpha value is -3.12. The van der Waals surface area contributed by atoms with Gasteiger partial charge in [0.15, 0.2) is 27.3 Å². The molecular weight excluding hydrogens is 506 g/mol. The Morgan fingerprint density at radius 3 is 2.43 bits per heavy atom. The molecule has 9 nitrogen and oxygen atoms in total. The number of anilines is 1. The molecule has 0 bridgehead atoms. The lowest BCUT2D eigenvalue weighted by Crippen LogP contribution is -2.63. The number of halogens is 2. The number of Topliss-reactive ketones (excluding diaryl/α,β-unsaturated/α-hetero) is 1. The van der Waals surface area contributed by atoms with E-state index < -0.39 is 44.9 Å². The van der Waals surface area contributed by atoms with Gasteiger partial charge in [0.25, 0.3) is 0 Å². The number of amides is 1. The van der Waals surface area contributed by atoms with Crippen molar-refractivity contribution in [2.45, 2.75) is 36.1 Å². The summed E-state index contributed by atoms with van der Waals surface area (Å²) in [6.45, 7) is 2.97. The lowest BCUT2D eigenvalue weighted by atomic mass is 9.71. The summed E-state index contributed by atoms with van der Waals surface area (Å²) in [7, 11) is -3.37. The first-order chi connectivity index (χ1) is 17.5. The number of rotatable bonds is 7. The fourth-order valence-corrected chi connectivity index (χ4v) is 6.15. The molecule has 1 aromatic carbocycles. The first kappa shape index (κ1) is 26.9. The maximum atomic E-state index is 14.1. The van der Waals surface area contributed by atoms with E-state index >= 15 is 0 Å². The van der Waals surface area contributed by atoms with Crippen LogP contribution in [0.3, 0.4) is 0 Å². The summed E-state index contributed by atoms with van der Waals surface area (Å²) in [4.78, 5) is 33.9. The molecule has 37 heavy (non-hydrogen) atoms. The molecule has 200 valence electrons. The summed E-state index contributed by atoms with van der Waals surface area (Å²) in [6.07, 6.45) is 2.05. The first-order valence-corrected chi connectivity index (χ1v) is 14.0. The Kier molecular flexibility index (Phi) is 7.52. The van der Waals surface area contributed by atoms with Gasteiger partial charge in [0.05, 0.1) is 4.90 Å². The number of carboxylic acid groups (broad SMARTS) is 1. The Morgan fingerprint density at radius 1 is 1.19 bits per heavy atom. The zero-order chi connectivity index (χ0) is 27.0. The molecular formula is C25H30F2N4O5S. The minimum Gasteiger partial charge on any atom is -0.465 e. The van der Waals surface area contributed by atoms with Crippen LogP contribution in [-0.2, 0) is 14.6 Å². The predicted octanol–water partition coefficient (Wildman–Crippen LogP) is 2.67. The van der Waals surface area contributed by atoms with Crippen molar-refractivity contribution in [3.05, 3.63) is 53.7 Å². The number of nitrogens with one attached hydrogen (secondary N) is 1. The van der Waals surface area contributed by atoms with Crippen molar-refractivity contribution < 1.29 is 31.9 Å². The van der Waals surface area contributed by atoms with Crippen LogP contribution in [0.25, 0.3) is 0 Å². The van der Waals surface area contributed by atoms with Crippen LogP contribution in [0.4, 0.5) is 19.4 Å². The Morgan fingerprint density at radius 2 is 1.89 bits per heavy atom. The third-order valence-corrected chi connectivity index (χ3v) is 8.56. The fourth-order valence-electron chi connectivity index (χ4n) is 5.59. The van der Waals surface area contributed by atoms with E-state index in [9.17, 15) is 31.9 Å². The smallest absolute Gasteiger partial charge is 0.408 e. The van der Waals surface area contributed by atoms with Crippen LogP contribution in [0.1, 0.15) is 31.2 Å². The van der Waals surface area contributed by atoms with Crippen LogP contribution in [0.5, 0.6) is 0 Å². The van der Waals surface area contributed by atoms with E-state index in [0.717, 1.165) is 23.3 Å². The number of pyridine rings is 1. The van der Waals surface area contributed by atoms with Crippen molar-refractivity contribution in [3.63, 3.8) is 0 Å². The molecule has 12 heteroatoms. The third kappa shape index (κ3) is 5.04. The van der Waals surface area contributed by atoms with Crippen LogP contribution in [0.2, 0.25) is 0 Å². The summed E-state index contributed by atoms with van der Waals surface area (Å²) < 4.78 is 51.2. The lowest BCUT2D eigenvalue weighted by molar-refractivity contribution is -0.135. The van der Waals surface area contributed by atoms with Crippen LogP contribution in [0.15, 0.2) is 41.4 Å². The van der Waals surface area contributed by atoms with Gasteiger partial charge in [0.1, 0.15) is 11.4 Å². The molecule has 0 spiro atoms. The first-order valence-electron chi connectivity index (χ1n) is 12.1. The highest BCUT2D eigenvalue weighted by molar-refractivity contribution is 7.90. The van der Waals surface area contributed by atoms with Crippen molar-refractivity contribution >= 4 is 27.5 Å². The van der Waals surface area contributed by atoms with Gasteiger partial charge >= 0.3 is 6.09 Å². The second-order valence-electron chi connectivity index (χ2n) is 9.56. The van der Waals surface area contributed by atoms with E-state index in [-0.39, 0.29) is 30.3 Å². The molecule has 2 aliphatic rings. The summed E-state index contributed by atoms with van der Waals surface area (Å²) >= 11 is 0. The molecule has 3 heterocycles. The highest BCUT2D eigenvalue weighted by Gasteiger charge is 2.56. The monoisotopic (exact) mass is 536 g/mol. The number of ketones is 1. The van der Waals surface area contributed by atoms with Gasteiger partial charge in [-0.2, -0.15) is 0 Å². The van der Waals surface area contributed by atoms with Crippen LogP contribution < -0.4 is 10.2 Å². The number of hydrogen-bond acceptors (Lipinski definition) is 7. The maximum absolute atomic E-state index is 14.1. The molecule has 2 atom stereocenters. The maximum Gasteiger partial charge on any atom is 0.408 e. The third-order valence-electron chi connectivity index (χ3n) is 7.46. The number of likely N-dealkylation sites (N-methyl/N-ethyl adjacent to an activating group) is 1. The molecule has 2 saturated heterocycles. The van der Waals surface area contributed by atoms with Crippen LogP contribution in [0, 0.1) is 17.6 Å². The standard InChI is InChI=1S/C25H30F2N4O5S/c1-3-31(24(33)34)25(15-28-14-19(25)17-4-6-20(26)21(27)12-17)23(32)16-8-10-30(11-9-16)22-7-5-18(13-29-22)37(2,35)36/h4-7,12-13,16,19,28H,3,8-11,14-15H2,1-2H3,(H,33,34)/t19-,25+/m0/s1. The van der Waals surface area contributed by atoms with Crippen LogP contribution >= 0.6 is 0 Å². The van der Waals surface area contributed by atoms with E-state index in [1.165, 1.54) is 18.3 Å². The summed E-state index contributed by atoms with van der Waals surface area (Å²) in [5.41, 5.74) is -1.10. The minimum atomic E-state index is -3.37. The van der Waals surface area contributed by atoms with Gasteiger partial charge in [0, 0.05) is 57.0 Å². The molecule has 0 aliphatic carbocycles. The SMILES string of the molecule is CCN(C(=O)O)[C@]1(C(=O)C2CCN(c3ccc(S(C)(=O)=O)cn3)CC2)CNC[C@H]1c1ccc(F)c(F)c1. The van der Waals surface area contributed by atoms with E-state index in [1.807, 2.05) is 4.90 Å². The summed E-state index contributed by atoms with van der Waals surface area (Å²) in [5.74, 6) is -2.84. The number of piperidine rings is 1. The normalized spacial score (nSPS) is 22.7. The average Bonchev–Trinajstić information content (AvgIpc) is 3.30. The van der Waals surface area contributed by atoms with Gasteiger partial charge in [-0.15, -0.1) is 0 Å². The summed E-state index contributed by atoms with van der Waals surface area (Å²) in [5, 5.41) is 13.2. The largest absolute Gasteiger partial charge is 0.465 e. The molecule has 0 saturated carbocycles. The van der Waals surface area contributed by atoms with Gasteiger partial charge < -0.3 is 15.3 Å². The fraction of sp³-hybridized carbons (Fsp3) is 0.480. The van der Waals surface area contributed by atoms with Gasteiger partial charge in [-0.1, -0.05) is 6.07 Å². The molecule has 1 amide bonds. The van der Waals surface area contributed by atoms with E-state index in [4.69, 9.17) is 0 Å². The average molecular weight is 537 g/mol. The number of benzene rings is 1. The number of aromatic nitrogens is 1. The number of carbonyl (C=O) groups excluding carboxylic acids is 1. The number of nitrogens with zero attached hydrogens (tertiary/aromatic N) is 3. The number of sulfone groups is 1. The molecule has 2 N–H and O–H groups in total. The van der Waals surface area contributed by atoms with Gasteiger partial charge in [-0.05, 0) is 49.6 Å². The molecule has 0 radical (unpaired) electrons. The van der Waals surface area contributed by atoms with Crippen molar-refractivity contribution in [1.29, 1.82) is 0 Å².